The van der Waals surface area contributed by atoms with Crippen molar-refractivity contribution in [3.63, 3.8) is 0 Å². The second-order valence-electron chi connectivity index (χ2n) is 22.4. The summed E-state index contributed by atoms with van der Waals surface area (Å²) in [4.78, 5) is 72.7. The van der Waals surface area contributed by atoms with Crippen molar-refractivity contribution in [2.45, 2.75) is 158 Å². The van der Waals surface area contributed by atoms with Gasteiger partial charge >= 0.3 is 23.9 Å². The predicted octanol–water partition coefficient (Wildman–Crippen LogP) is 8.96. The fraction of sp³-hybridized carbons (Fsp3) is 0.423. The lowest BCUT2D eigenvalue weighted by atomic mass is 9.94. The highest BCUT2D eigenvalue weighted by Gasteiger charge is 2.60. The summed E-state index contributed by atoms with van der Waals surface area (Å²) in [6.45, 7) is 0.792. The number of Topliss-reactive ketones (excluding diaryl/α,β-unsaturated/α-hetero) is 1. The minimum absolute atomic E-state index is 0.00678. The highest BCUT2D eigenvalue weighted by Crippen LogP contribution is 2.40. The Morgan fingerprint density at radius 1 is 0.389 bits per heavy atom. The molecule has 3 aliphatic heterocycles. The Morgan fingerprint density at radius 2 is 0.684 bits per heavy atom. The minimum Gasteiger partial charge on any atom is -0.467 e. The number of azide groups is 1. The first-order chi connectivity index (χ1) is 46.4. The highest BCUT2D eigenvalue weighted by molar-refractivity contribution is 5.82. The van der Waals surface area contributed by atoms with Crippen LogP contribution in [-0.4, -0.2) is 156 Å². The van der Waals surface area contributed by atoms with Gasteiger partial charge in [0.1, 0.15) is 54.6 Å². The van der Waals surface area contributed by atoms with Crippen LogP contribution >= 0.6 is 0 Å². The molecule has 6 aromatic rings. The van der Waals surface area contributed by atoms with Gasteiger partial charge < -0.3 is 80.6 Å². The molecule has 15 atom stereocenters. The first-order valence-corrected chi connectivity index (χ1v) is 31.2. The third-order valence-corrected chi connectivity index (χ3v) is 15.8. The van der Waals surface area contributed by atoms with E-state index in [2.05, 4.69) is 10.0 Å². The van der Waals surface area contributed by atoms with Crippen LogP contribution in [0.3, 0.4) is 0 Å². The van der Waals surface area contributed by atoms with E-state index in [-0.39, 0.29) is 77.8 Å². The lowest BCUT2D eigenvalue weighted by Crippen LogP contribution is -2.69. The summed E-state index contributed by atoms with van der Waals surface area (Å²) in [6.07, 6.45) is -23.7. The quantitative estimate of drug-likeness (QED) is 0.00909. The number of hydrogen-bond donors (Lipinski definition) is 0. The normalized spacial score (nSPS) is 25.7. The lowest BCUT2D eigenvalue weighted by molar-refractivity contribution is -0.384. The zero-order chi connectivity index (χ0) is 66.7. The molecule has 0 radical (unpaired) electrons. The maximum absolute atomic E-state index is 15.0. The van der Waals surface area contributed by atoms with E-state index >= 15 is 0 Å². The number of esters is 4. The molecule has 6 aromatic carbocycles. The number of methoxy groups -OCH3 is 3. The molecule has 3 fully saturated rings. The van der Waals surface area contributed by atoms with Crippen LogP contribution < -0.4 is 0 Å². The summed E-state index contributed by atoms with van der Waals surface area (Å²) < 4.78 is 105. The van der Waals surface area contributed by atoms with Crippen molar-refractivity contribution in [1.82, 2.24) is 0 Å². The van der Waals surface area contributed by atoms with E-state index in [4.69, 9.17) is 81.3 Å². The Bertz CT molecular complexity index is 3360. The Labute approximate surface area is 550 Å². The summed E-state index contributed by atoms with van der Waals surface area (Å²) in [5, 5.41) is 3.65. The van der Waals surface area contributed by atoms with Crippen LogP contribution in [0.4, 0.5) is 0 Å². The van der Waals surface area contributed by atoms with Gasteiger partial charge in [-0.15, -0.1) is 0 Å². The molecule has 0 spiro atoms. The molecule has 0 bridgehead atoms. The third kappa shape index (κ3) is 20.4. The molecule has 24 heteroatoms. The van der Waals surface area contributed by atoms with Gasteiger partial charge in [-0.2, -0.15) is 0 Å². The van der Waals surface area contributed by atoms with Crippen molar-refractivity contribution in [3.05, 3.63) is 226 Å². The molecule has 0 unspecified atom stereocenters. The minimum atomic E-state index is -1.87. The fourth-order valence-corrected chi connectivity index (χ4v) is 11.0. The van der Waals surface area contributed by atoms with Gasteiger partial charge in [0.2, 0.25) is 0 Å². The average Bonchev–Trinajstić information content (AvgIpc) is 0.773. The zero-order valence-electron chi connectivity index (χ0n) is 53.2. The second-order valence-corrected chi connectivity index (χ2v) is 22.4. The highest BCUT2D eigenvalue weighted by atomic mass is 16.8. The van der Waals surface area contributed by atoms with Crippen LogP contribution in [0, 0.1) is 0 Å². The molecule has 504 valence electrons. The van der Waals surface area contributed by atoms with Gasteiger partial charge in [-0.05, 0) is 52.3 Å². The first kappa shape index (κ1) is 71.0. The summed E-state index contributed by atoms with van der Waals surface area (Å²) in [6, 6.07) is 55.0. The largest absolute Gasteiger partial charge is 0.467 e. The topological polar surface area (TPSA) is 282 Å². The molecule has 3 saturated heterocycles. The number of nitrogens with zero attached hydrogens (tertiary/aromatic N) is 3. The number of carbonyl (C=O) groups excluding carboxylic acids is 5. The van der Waals surface area contributed by atoms with E-state index < -0.39 is 116 Å². The predicted molar refractivity (Wildman–Crippen MR) is 336 cm³/mol. The van der Waals surface area contributed by atoms with Gasteiger partial charge in [-0.3, -0.25) is 4.79 Å². The van der Waals surface area contributed by atoms with Crippen LogP contribution in [0.5, 0.6) is 0 Å². The Hall–Kier alpha value is -8.30. The SMILES string of the molecule is COC(=O)[C@H]1O[C@@H](O[C@H]2[C@H](OCc3ccccc3)[C@H](OCc3ccccc3)[C@H](O[C@H]3[C@H](OCc4ccccc4)[C@H](OCc4ccccc4)[C@H](OCCCN=[N+]=[N-])O[C@@H]3C(=O)OC)O[C@@H]2C(=O)OC)[C@@H](OCc2ccccc2)[C@@H](OCc2ccccc2)[C@@H]1OC(=O)CCC(C)=O. The molecule has 0 aliphatic carbocycles. The number of carbonyl (C=O) groups is 5. The van der Waals surface area contributed by atoms with Crippen molar-refractivity contribution in [3.8, 4) is 0 Å². The van der Waals surface area contributed by atoms with E-state index in [9.17, 15) is 24.0 Å². The Kier molecular flexibility index (Phi) is 27.7. The summed E-state index contributed by atoms with van der Waals surface area (Å²) >= 11 is 0. The fourth-order valence-electron chi connectivity index (χ4n) is 11.0. The van der Waals surface area contributed by atoms with Crippen molar-refractivity contribution in [1.29, 1.82) is 0 Å². The first-order valence-electron chi connectivity index (χ1n) is 31.2. The van der Waals surface area contributed by atoms with Crippen molar-refractivity contribution in [2.24, 2.45) is 5.11 Å². The van der Waals surface area contributed by atoms with Crippen LogP contribution in [0.15, 0.2) is 187 Å². The molecule has 3 aliphatic rings. The van der Waals surface area contributed by atoms with E-state index in [0.717, 1.165) is 25.3 Å². The number of ketones is 1. The number of ether oxygens (including phenoxy) is 16. The van der Waals surface area contributed by atoms with Gasteiger partial charge in [0.05, 0.1) is 67.4 Å². The van der Waals surface area contributed by atoms with Gasteiger partial charge in [0, 0.05) is 24.5 Å². The number of benzene rings is 6. The van der Waals surface area contributed by atoms with Crippen LogP contribution in [0.1, 0.15) is 59.6 Å². The van der Waals surface area contributed by atoms with Gasteiger partial charge in [-0.1, -0.05) is 187 Å². The molecule has 0 aromatic heterocycles. The standard InChI is InChI=1S/C71H79N3O21/c1-46(75)36-37-53(76)90-57-54(84-40-47-24-11-5-12-25-47)64(88-44-51-32-19-9-20-33-51)70(94-60(57)66(77)80-2)92-59-56(86-42-49-28-15-7-16-29-49)65(89-45-52-34-21-10-22-35-52)71(95-62(59)68(79)82-4)91-58-55(85-41-48-26-13-6-14-27-48)63(87-43-50-30-17-8-18-31-50)69(83-39-23-38-73-74-72)93-61(58)67(78)81-3/h5-22,24-35,54-65,69-71H,23,36-45H2,1-4H3/t54-,55-,56-,57-,58-,59-,60-,61-,62-,63-,64-,65-,69+,70+,71+/m0/s1. The molecule has 0 amide bonds. The third-order valence-electron chi connectivity index (χ3n) is 15.8. The molecular formula is C71H79N3O21. The molecule has 95 heavy (non-hydrogen) atoms. The van der Waals surface area contributed by atoms with Crippen molar-refractivity contribution >= 4 is 29.7 Å². The van der Waals surface area contributed by atoms with E-state index in [1.165, 1.54) is 14.0 Å². The van der Waals surface area contributed by atoms with Gasteiger partial charge in [0.25, 0.3) is 0 Å². The van der Waals surface area contributed by atoms with Gasteiger partial charge in [-0.25, -0.2) is 14.4 Å². The van der Waals surface area contributed by atoms with Crippen LogP contribution in [0.2, 0.25) is 0 Å². The van der Waals surface area contributed by atoms with Crippen LogP contribution in [-0.2, 0) is 139 Å². The molecule has 9 rings (SSSR count). The maximum atomic E-state index is 15.0. The smallest absolute Gasteiger partial charge is 0.339 e. The van der Waals surface area contributed by atoms with E-state index in [1.807, 2.05) is 182 Å². The summed E-state index contributed by atoms with van der Waals surface area (Å²) in [5.74, 6) is -4.09. The Morgan fingerprint density at radius 3 is 1.00 bits per heavy atom. The summed E-state index contributed by atoms with van der Waals surface area (Å²) in [5.41, 5.74) is 13.3. The van der Waals surface area contributed by atoms with E-state index in [0.29, 0.717) is 22.3 Å². The van der Waals surface area contributed by atoms with E-state index in [1.54, 1.807) is 0 Å². The van der Waals surface area contributed by atoms with Gasteiger partial charge in [0.15, 0.2) is 43.3 Å². The number of rotatable bonds is 34. The Balaban J connectivity index is 1.18. The molecule has 24 nitrogen and oxygen atoms in total. The monoisotopic (exact) mass is 1310 g/mol. The lowest BCUT2D eigenvalue weighted by Gasteiger charge is -2.50. The van der Waals surface area contributed by atoms with Crippen molar-refractivity contribution in [2.75, 3.05) is 34.5 Å². The zero-order valence-corrected chi connectivity index (χ0v) is 53.2. The molecule has 0 saturated carbocycles. The maximum Gasteiger partial charge on any atom is 0.339 e. The molecule has 3 heterocycles. The van der Waals surface area contributed by atoms with Crippen LogP contribution in [0.25, 0.3) is 10.4 Å². The molecule has 0 N–H and O–H groups in total. The molecular weight excluding hydrogens is 1230 g/mol. The summed E-state index contributed by atoms with van der Waals surface area (Å²) in [7, 11) is 3.44. The average molecular weight is 1310 g/mol. The van der Waals surface area contributed by atoms with Crippen molar-refractivity contribution < 1.29 is 99.8 Å². The second kappa shape index (κ2) is 37.1. The number of hydrogen-bond acceptors (Lipinski definition) is 22.